The van der Waals surface area contributed by atoms with Crippen molar-refractivity contribution in [2.75, 3.05) is 0 Å². The molecule has 3 rings (SSSR count). The molecule has 0 saturated carbocycles. The van der Waals surface area contributed by atoms with Crippen LogP contribution >= 0.6 is 35.0 Å². The summed E-state index contributed by atoms with van der Waals surface area (Å²) < 4.78 is 18.8. The number of thioether (sulfide) groups is 1. The maximum Gasteiger partial charge on any atom is 0.337 e. The summed E-state index contributed by atoms with van der Waals surface area (Å²) in [5.41, 5.74) is 1.29. The molecule has 2 aromatic carbocycles. The predicted octanol–water partition coefficient (Wildman–Crippen LogP) is 6.50. The number of halogens is 3. The summed E-state index contributed by atoms with van der Waals surface area (Å²) in [7, 11) is 0. The molecule has 0 radical (unpaired) electrons. The lowest BCUT2D eigenvalue weighted by Gasteiger charge is -2.13. The first-order valence-electron chi connectivity index (χ1n) is 8.71. The van der Waals surface area contributed by atoms with Crippen LogP contribution in [0.5, 0.6) is 5.75 Å². The van der Waals surface area contributed by atoms with E-state index in [9.17, 15) is 14.3 Å². The Bertz CT molecular complexity index is 1070. The molecule has 0 fully saturated rings. The van der Waals surface area contributed by atoms with Crippen molar-refractivity contribution in [3.63, 3.8) is 0 Å². The van der Waals surface area contributed by atoms with Crippen LogP contribution in [0.4, 0.5) is 4.39 Å². The smallest absolute Gasteiger partial charge is 0.337 e. The lowest BCUT2D eigenvalue weighted by Crippen LogP contribution is -2.06. The molecule has 4 nitrogen and oxygen atoms in total. The predicted molar refractivity (Wildman–Crippen MR) is 118 cm³/mol. The van der Waals surface area contributed by atoms with Crippen molar-refractivity contribution >= 4 is 46.5 Å². The van der Waals surface area contributed by atoms with E-state index >= 15 is 0 Å². The molecule has 0 spiro atoms. The molecule has 154 valence electrons. The van der Waals surface area contributed by atoms with Crippen LogP contribution < -0.4 is 4.74 Å². The number of rotatable bonds is 8. The first kappa shape index (κ1) is 22.2. The zero-order valence-electron chi connectivity index (χ0n) is 15.6. The van der Waals surface area contributed by atoms with Crippen LogP contribution in [0.15, 0.2) is 66.1 Å². The van der Waals surface area contributed by atoms with Crippen molar-refractivity contribution < 1.29 is 19.0 Å². The highest BCUT2D eigenvalue weighted by molar-refractivity contribution is 7.98. The van der Waals surface area contributed by atoms with E-state index in [0.717, 1.165) is 10.5 Å². The fourth-order valence-electron chi connectivity index (χ4n) is 2.51. The second-order valence-corrected chi connectivity index (χ2v) is 7.99. The van der Waals surface area contributed by atoms with Crippen molar-refractivity contribution in [2.24, 2.45) is 0 Å². The lowest BCUT2D eigenvalue weighted by molar-refractivity contribution is -0.130. The summed E-state index contributed by atoms with van der Waals surface area (Å²) in [5, 5.41) is 10.4. The summed E-state index contributed by atoms with van der Waals surface area (Å²) in [6, 6.07) is 14.5. The van der Waals surface area contributed by atoms with Gasteiger partial charge in [-0.15, -0.1) is 11.8 Å². The van der Waals surface area contributed by atoms with Crippen LogP contribution in [0.25, 0.3) is 5.57 Å². The van der Waals surface area contributed by atoms with Gasteiger partial charge in [0.25, 0.3) is 0 Å². The normalized spacial score (nSPS) is 10.6. The van der Waals surface area contributed by atoms with Gasteiger partial charge in [0.15, 0.2) is 0 Å². The molecule has 8 heteroatoms. The average Bonchev–Trinajstić information content (AvgIpc) is 2.72. The molecule has 0 saturated heterocycles. The standard InChI is InChI=1S/C22H16Cl2FNO3S/c1-13(22(27)28)20-19(29-11-14-5-7-15(25)8-6-14)10-9-16(26-20)12-30-21-17(23)3-2-4-18(21)24/h2-10H,1,11-12H2,(H,27,28). The van der Waals surface area contributed by atoms with Crippen LogP contribution in [-0.4, -0.2) is 16.1 Å². The Balaban J connectivity index is 1.81. The number of aromatic nitrogens is 1. The Hall–Kier alpha value is -2.54. The molecular weight excluding hydrogens is 448 g/mol. The van der Waals surface area contributed by atoms with E-state index in [4.69, 9.17) is 27.9 Å². The van der Waals surface area contributed by atoms with Gasteiger partial charge in [0.1, 0.15) is 23.9 Å². The topological polar surface area (TPSA) is 59.4 Å². The van der Waals surface area contributed by atoms with Crippen molar-refractivity contribution in [3.05, 3.63) is 94.0 Å². The van der Waals surface area contributed by atoms with Gasteiger partial charge < -0.3 is 9.84 Å². The van der Waals surface area contributed by atoms with Gasteiger partial charge in [0.2, 0.25) is 0 Å². The molecular formula is C22H16Cl2FNO3S. The molecule has 0 unspecified atom stereocenters. The molecule has 0 aliphatic carbocycles. The van der Waals surface area contributed by atoms with Crippen molar-refractivity contribution in [3.8, 4) is 5.75 Å². The van der Waals surface area contributed by atoms with Crippen LogP contribution in [0.3, 0.4) is 0 Å². The summed E-state index contributed by atoms with van der Waals surface area (Å²) in [6.45, 7) is 3.73. The molecule has 1 aromatic heterocycles. The fraction of sp³-hybridized carbons (Fsp3) is 0.0909. The summed E-state index contributed by atoms with van der Waals surface area (Å²) in [5.74, 6) is -0.855. The maximum atomic E-state index is 13.1. The quantitative estimate of drug-likeness (QED) is 0.305. The minimum Gasteiger partial charge on any atom is -0.487 e. The second-order valence-electron chi connectivity index (χ2n) is 6.19. The lowest BCUT2D eigenvalue weighted by atomic mass is 10.1. The van der Waals surface area contributed by atoms with Crippen molar-refractivity contribution in [1.82, 2.24) is 4.98 Å². The molecule has 0 bridgehead atoms. The van der Waals surface area contributed by atoms with Gasteiger partial charge in [0.05, 0.1) is 21.3 Å². The zero-order valence-corrected chi connectivity index (χ0v) is 17.9. The molecule has 0 atom stereocenters. The highest BCUT2D eigenvalue weighted by atomic mass is 35.5. The molecule has 0 amide bonds. The second kappa shape index (κ2) is 9.98. The van der Waals surface area contributed by atoms with E-state index in [1.807, 2.05) is 0 Å². The summed E-state index contributed by atoms with van der Waals surface area (Å²) in [4.78, 5) is 16.6. The van der Waals surface area contributed by atoms with Crippen LogP contribution in [0, 0.1) is 5.82 Å². The highest BCUT2D eigenvalue weighted by Crippen LogP contribution is 2.36. The van der Waals surface area contributed by atoms with E-state index in [2.05, 4.69) is 11.6 Å². The maximum absolute atomic E-state index is 13.1. The first-order chi connectivity index (χ1) is 14.3. The molecule has 0 aliphatic rings. The monoisotopic (exact) mass is 463 g/mol. The molecule has 30 heavy (non-hydrogen) atoms. The molecule has 1 heterocycles. The molecule has 0 aliphatic heterocycles. The number of carboxylic acid groups (broad SMARTS) is 1. The minimum absolute atomic E-state index is 0.130. The Labute approximate surface area is 187 Å². The van der Waals surface area contributed by atoms with Crippen molar-refractivity contribution in [2.45, 2.75) is 17.3 Å². The fourth-order valence-corrected chi connectivity index (χ4v) is 4.10. The Morgan fingerprint density at radius 3 is 2.40 bits per heavy atom. The zero-order chi connectivity index (χ0) is 21.7. The summed E-state index contributed by atoms with van der Waals surface area (Å²) in [6.07, 6.45) is 0. The van der Waals surface area contributed by atoms with E-state index in [-0.39, 0.29) is 29.4 Å². The van der Waals surface area contributed by atoms with Crippen molar-refractivity contribution in [1.29, 1.82) is 0 Å². The van der Waals surface area contributed by atoms with Gasteiger partial charge in [-0.2, -0.15) is 0 Å². The highest BCUT2D eigenvalue weighted by Gasteiger charge is 2.17. The number of nitrogens with zero attached hydrogens (tertiary/aromatic N) is 1. The van der Waals surface area contributed by atoms with E-state index in [1.165, 1.54) is 23.9 Å². The number of hydrogen-bond donors (Lipinski definition) is 1. The van der Waals surface area contributed by atoms with Gasteiger partial charge in [0, 0.05) is 10.6 Å². The molecule has 3 aromatic rings. The van der Waals surface area contributed by atoms with Gasteiger partial charge in [-0.25, -0.2) is 14.2 Å². The number of benzene rings is 2. The average molecular weight is 464 g/mol. The van der Waals surface area contributed by atoms with Crippen LogP contribution in [0.2, 0.25) is 10.0 Å². The number of hydrogen-bond acceptors (Lipinski definition) is 4. The largest absolute Gasteiger partial charge is 0.487 e. The van der Waals surface area contributed by atoms with Crippen LogP contribution in [0.1, 0.15) is 17.0 Å². The van der Waals surface area contributed by atoms with Gasteiger partial charge in [-0.3, -0.25) is 0 Å². The number of pyridine rings is 1. The van der Waals surface area contributed by atoms with Crippen LogP contribution in [-0.2, 0) is 17.2 Å². The van der Waals surface area contributed by atoms with Gasteiger partial charge in [-0.1, -0.05) is 48.0 Å². The number of carbonyl (C=O) groups is 1. The third-order valence-corrected chi connectivity index (χ3v) is 6.07. The van der Waals surface area contributed by atoms with Gasteiger partial charge in [-0.05, 0) is 42.0 Å². The number of ether oxygens (including phenoxy) is 1. The first-order valence-corrected chi connectivity index (χ1v) is 10.5. The van der Waals surface area contributed by atoms with E-state index < -0.39 is 5.97 Å². The SMILES string of the molecule is C=C(C(=O)O)c1nc(CSc2c(Cl)cccc2Cl)ccc1OCc1ccc(F)cc1. The van der Waals surface area contributed by atoms with Gasteiger partial charge >= 0.3 is 5.97 Å². The third kappa shape index (κ3) is 5.53. The van der Waals surface area contributed by atoms with E-state index in [0.29, 0.717) is 21.5 Å². The Morgan fingerprint density at radius 2 is 1.77 bits per heavy atom. The Morgan fingerprint density at radius 1 is 1.10 bits per heavy atom. The summed E-state index contributed by atoms with van der Waals surface area (Å²) >= 11 is 13.8. The molecule has 1 N–H and O–H groups in total. The third-order valence-electron chi connectivity index (χ3n) is 4.05. The number of carboxylic acids is 1. The van der Waals surface area contributed by atoms with E-state index in [1.54, 1.807) is 42.5 Å². The Kier molecular flexibility index (Phi) is 7.37. The number of aliphatic carboxylic acids is 1. The minimum atomic E-state index is -1.20.